The normalized spacial score (nSPS) is 17.0. The van der Waals surface area contributed by atoms with Gasteiger partial charge in [-0.3, -0.25) is 9.59 Å². The molecule has 2 heterocycles. The molecule has 1 aromatic heterocycles. The number of carbonyl (C=O) groups is 2. The van der Waals surface area contributed by atoms with Gasteiger partial charge in [0.05, 0.1) is 12.0 Å². The van der Waals surface area contributed by atoms with Crippen LogP contribution >= 0.6 is 0 Å². The first-order valence-electron chi connectivity index (χ1n) is 10.8. The van der Waals surface area contributed by atoms with E-state index in [1.807, 2.05) is 27.7 Å². The van der Waals surface area contributed by atoms with Crippen LogP contribution in [0.3, 0.4) is 0 Å². The molecule has 0 fully saturated rings. The highest BCUT2D eigenvalue weighted by molar-refractivity contribution is 6.05. The van der Waals surface area contributed by atoms with E-state index in [0.717, 1.165) is 16.7 Å². The van der Waals surface area contributed by atoms with E-state index in [9.17, 15) is 9.59 Å². The third-order valence-corrected chi connectivity index (χ3v) is 6.07. The Morgan fingerprint density at radius 1 is 1.09 bits per heavy atom. The Morgan fingerprint density at radius 3 is 2.44 bits per heavy atom. The van der Waals surface area contributed by atoms with Crippen LogP contribution in [0.5, 0.6) is 11.5 Å². The van der Waals surface area contributed by atoms with Crippen LogP contribution in [-0.2, 0) is 0 Å². The highest BCUT2D eigenvalue weighted by Crippen LogP contribution is 2.42. The quantitative estimate of drug-likeness (QED) is 0.489. The van der Waals surface area contributed by atoms with E-state index in [2.05, 4.69) is 15.3 Å². The van der Waals surface area contributed by atoms with Crippen LogP contribution < -0.4 is 26.3 Å². The molecule has 9 heteroatoms. The number of carbonyl (C=O) groups excluding carboxylic acids is 2. The van der Waals surface area contributed by atoms with E-state index in [0.29, 0.717) is 28.4 Å². The Hall–Kier alpha value is -4.14. The zero-order chi connectivity index (χ0) is 24.6. The Morgan fingerprint density at radius 2 is 1.76 bits per heavy atom. The number of aromatic nitrogens is 2. The van der Waals surface area contributed by atoms with Crippen LogP contribution in [-0.4, -0.2) is 33.9 Å². The summed E-state index contributed by atoms with van der Waals surface area (Å²) in [5.41, 5.74) is 15.4. The molecule has 2 aromatic carbocycles. The molecule has 0 radical (unpaired) electrons. The topological polar surface area (TPSA) is 142 Å². The van der Waals surface area contributed by atoms with E-state index in [1.54, 1.807) is 24.3 Å². The molecule has 1 amide bonds. The van der Waals surface area contributed by atoms with Crippen molar-refractivity contribution in [3.63, 3.8) is 0 Å². The number of benzene rings is 2. The predicted octanol–water partition coefficient (Wildman–Crippen LogP) is 3.62. The van der Waals surface area contributed by atoms with Gasteiger partial charge in [0.25, 0.3) is 5.91 Å². The van der Waals surface area contributed by atoms with Gasteiger partial charge < -0.3 is 26.3 Å². The van der Waals surface area contributed by atoms with Crippen molar-refractivity contribution in [2.75, 3.05) is 23.4 Å². The minimum Gasteiger partial charge on any atom is -0.489 e. The van der Waals surface area contributed by atoms with Crippen molar-refractivity contribution in [1.82, 2.24) is 9.97 Å². The number of ether oxygens (including phenoxy) is 2. The monoisotopic (exact) mass is 461 g/mol. The van der Waals surface area contributed by atoms with Gasteiger partial charge in [-0.1, -0.05) is 0 Å². The lowest BCUT2D eigenvalue weighted by Gasteiger charge is -2.36. The Labute approximate surface area is 197 Å². The van der Waals surface area contributed by atoms with Gasteiger partial charge in [0.1, 0.15) is 23.7 Å². The van der Waals surface area contributed by atoms with Crippen molar-refractivity contribution in [2.45, 2.75) is 39.7 Å². The molecule has 0 saturated heterocycles. The second-order valence-electron chi connectivity index (χ2n) is 8.70. The summed E-state index contributed by atoms with van der Waals surface area (Å²) in [4.78, 5) is 33.1. The molecule has 0 saturated carbocycles. The number of hydrogen-bond acceptors (Lipinski definition) is 8. The van der Waals surface area contributed by atoms with E-state index >= 15 is 0 Å². The van der Waals surface area contributed by atoms with E-state index in [1.165, 1.54) is 12.4 Å². The fraction of sp³-hybridized carbons (Fsp3) is 0.280. The van der Waals surface area contributed by atoms with Gasteiger partial charge in [-0.05, 0) is 68.7 Å². The van der Waals surface area contributed by atoms with Gasteiger partial charge in [-0.2, -0.15) is 0 Å². The number of rotatable bonds is 5. The first kappa shape index (κ1) is 23.0. The molecule has 9 nitrogen and oxygen atoms in total. The highest BCUT2D eigenvalue weighted by Gasteiger charge is 2.40. The minimum atomic E-state index is -0.833. The molecule has 34 heavy (non-hydrogen) atoms. The maximum atomic E-state index is 13.0. The smallest absolute Gasteiger partial charge is 0.278 e. The standard InChI is InChI=1S/C25H27N5O4/c1-13-14(2)22-19(15(3)20(13)26)18(31)11-25(4,34-22)12-33-17-7-5-16(6-8-17)30-24(32)21-23(27)29-10-9-28-21/h5-10H,11-12,26H2,1-4H3,(H2,27,29)(H,30,32). The summed E-state index contributed by atoms with van der Waals surface area (Å²) in [7, 11) is 0. The molecule has 3 aromatic rings. The summed E-state index contributed by atoms with van der Waals surface area (Å²) >= 11 is 0. The molecule has 0 aliphatic carbocycles. The number of Topliss-reactive ketones (excluding diaryl/α,β-unsaturated/α-hetero) is 1. The summed E-state index contributed by atoms with van der Waals surface area (Å²) in [5.74, 6) is 0.733. The molecular formula is C25H27N5O4. The van der Waals surface area contributed by atoms with E-state index in [-0.39, 0.29) is 30.3 Å². The molecule has 1 atom stereocenters. The number of nitrogens with one attached hydrogen (secondary N) is 1. The van der Waals surface area contributed by atoms with Crippen LogP contribution in [0.25, 0.3) is 0 Å². The number of nitrogens with two attached hydrogens (primary N) is 2. The zero-order valence-corrected chi connectivity index (χ0v) is 19.6. The number of anilines is 3. The van der Waals surface area contributed by atoms with Crippen molar-refractivity contribution in [2.24, 2.45) is 0 Å². The van der Waals surface area contributed by atoms with Crippen molar-refractivity contribution in [1.29, 1.82) is 0 Å². The Kier molecular flexibility index (Phi) is 5.87. The Bertz CT molecular complexity index is 1290. The first-order valence-corrected chi connectivity index (χ1v) is 10.8. The summed E-state index contributed by atoms with van der Waals surface area (Å²) in [6.45, 7) is 7.70. The fourth-order valence-corrected chi connectivity index (χ4v) is 3.98. The number of hydrogen-bond donors (Lipinski definition) is 3. The van der Waals surface area contributed by atoms with Crippen LogP contribution in [0.2, 0.25) is 0 Å². The summed E-state index contributed by atoms with van der Waals surface area (Å²) in [6, 6.07) is 6.84. The maximum Gasteiger partial charge on any atom is 0.278 e. The van der Waals surface area contributed by atoms with E-state index in [4.69, 9.17) is 20.9 Å². The molecule has 176 valence electrons. The third-order valence-electron chi connectivity index (χ3n) is 6.07. The van der Waals surface area contributed by atoms with Gasteiger partial charge in [0, 0.05) is 23.8 Å². The van der Waals surface area contributed by atoms with Crippen LogP contribution in [0.1, 0.15) is 50.9 Å². The molecule has 4 rings (SSSR count). The second-order valence-corrected chi connectivity index (χ2v) is 8.70. The lowest BCUT2D eigenvalue weighted by atomic mass is 9.86. The summed E-state index contributed by atoms with van der Waals surface area (Å²) in [5, 5.41) is 2.72. The fourth-order valence-electron chi connectivity index (χ4n) is 3.98. The predicted molar refractivity (Wildman–Crippen MR) is 129 cm³/mol. The van der Waals surface area contributed by atoms with Gasteiger partial charge in [0.15, 0.2) is 17.3 Å². The average molecular weight is 462 g/mol. The molecular weight excluding hydrogens is 434 g/mol. The SMILES string of the molecule is Cc1c(C)c2c(c(C)c1N)C(=O)CC(C)(COc1ccc(NC(=O)c3nccnc3N)cc1)O2. The molecule has 5 N–H and O–H groups in total. The van der Waals surface area contributed by atoms with Crippen LogP contribution in [0.4, 0.5) is 17.2 Å². The number of nitrogens with zero attached hydrogens (tertiary/aromatic N) is 2. The first-order chi connectivity index (χ1) is 16.1. The maximum absolute atomic E-state index is 13.0. The third kappa shape index (κ3) is 4.24. The van der Waals surface area contributed by atoms with Gasteiger partial charge >= 0.3 is 0 Å². The zero-order valence-electron chi connectivity index (χ0n) is 19.6. The molecule has 1 unspecified atom stereocenters. The number of fused-ring (bicyclic) bond motifs is 1. The second kappa shape index (κ2) is 8.66. The summed E-state index contributed by atoms with van der Waals surface area (Å²) < 4.78 is 12.3. The number of ketones is 1. The van der Waals surface area contributed by atoms with Crippen LogP contribution in [0, 0.1) is 20.8 Å². The van der Waals surface area contributed by atoms with E-state index < -0.39 is 11.5 Å². The highest BCUT2D eigenvalue weighted by atomic mass is 16.5. The molecule has 0 spiro atoms. The lowest BCUT2D eigenvalue weighted by Crippen LogP contribution is -2.45. The summed E-state index contributed by atoms with van der Waals surface area (Å²) in [6.07, 6.45) is 2.99. The van der Waals surface area contributed by atoms with Gasteiger partial charge in [-0.15, -0.1) is 0 Å². The van der Waals surface area contributed by atoms with Gasteiger partial charge in [0.2, 0.25) is 0 Å². The lowest BCUT2D eigenvalue weighted by molar-refractivity contribution is 0.0183. The van der Waals surface area contributed by atoms with Crippen molar-refractivity contribution >= 4 is 28.9 Å². The van der Waals surface area contributed by atoms with Crippen molar-refractivity contribution in [3.05, 3.63) is 64.6 Å². The van der Waals surface area contributed by atoms with Crippen LogP contribution in [0.15, 0.2) is 36.7 Å². The Balaban J connectivity index is 1.44. The molecule has 1 aliphatic heterocycles. The average Bonchev–Trinajstić information content (AvgIpc) is 2.81. The van der Waals surface area contributed by atoms with Crippen molar-refractivity contribution < 1.29 is 19.1 Å². The minimum absolute atomic E-state index is 0.0130. The molecule has 0 bridgehead atoms. The number of amides is 1. The van der Waals surface area contributed by atoms with Gasteiger partial charge in [-0.25, -0.2) is 9.97 Å². The van der Waals surface area contributed by atoms with Crippen molar-refractivity contribution in [3.8, 4) is 11.5 Å². The number of nitrogen functional groups attached to an aromatic ring is 2. The largest absolute Gasteiger partial charge is 0.489 e. The molecule has 1 aliphatic rings.